The Hall–Kier alpha value is -1.58. The quantitative estimate of drug-likeness (QED) is 0.481. The van der Waals surface area contributed by atoms with Gasteiger partial charge < -0.3 is 4.42 Å². The van der Waals surface area contributed by atoms with E-state index in [0.29, 0.717) is 5.76 Å². The zero-order valence-electron chi connectivity index (χ0n) is 5.69. The van der Waals surface area contributed by atoms with Crippen molar-refractivity contribution >= 4 is 12.0 Å². The summed E-state index contributed by atoms with van der Waals surface area (Å²) in [7, 11) is 0. The first-order chi connectivity index (χ1) is 5.24. The van der Waals surface area contributed by atoms with Crippen LogP contribution in [0.15, 0.2) is 22.6 Å². The first-order valence-electron chi connectivity index (χ1n) is 2.94. The number of allylic oxidation sites excluding steroid dienone is 1. The molecule has 0 unspecified atom stereocenters. The minimum absolute atomic E-state index is 0.252. The van der Waals surface area contributed by atoms with E-state index in [-0.39, 0.29) is 5.88 Å². The van der Waals surface area contributed by atoms with Crippen LogP contribution in [0.5, 0.6) is 0 Å². The number of nitrogens with zero attached hydrogens (tertiary/aromatic N) is 1. The summed E-state index contributed by atoms with van der Waals surface area (Å²) < 4.78 is 4.76. The van der Waals surface area contributed by atoms with Gasteiger partial charge in [0.25, 0.3) is 0 Å². The molecule has 0 spiro atoms. The van der Waals surface area contributed by atoms with E-state index >= 15 is 0 Å². The number of hydrogen-bond acceptors (Lipinski definition) is 3. The molecule has 0 amide bonds. The highest BCUT2D eigenvalue weighted by molar-refractivity contribution is 5.44. The minimum atomic E-state index is -0.583. The average molecular weight is 152 g/mol. The largest absolute Gasteiger partial charge is 0.433 e. The normalized spacial score (nSPS) is 10.6. The molecule has 0 bridgehead atoms. The predicted molar refractivity (Wildman–Crippen MR) is 39.8 cm³/mol. The molecule has 0 N–H and O–H groups in total. The molecule has 57 valence electrons. The second-order valence-electron chi connectivity index (χ2n) is 1.84. The van der Waals surface area contributed by atoms with Gasteiger partial charge in [0.05, 0.1) is 6.07 Å². The maximum Gasteiger partial charge on any atom is 0.433 e. The molecule has 0 aromatic carbocycles. The average Bonchev–Trinajstić information content (AvgIpc) is 2.37. The topological polar surface area (TPSA) is 56.3 Å². The Labute approximate surface area is 63.3 Å². The summed E-state index contributed by atoms with van der Waals surface area (Å²) in [6.45, 7) is 3.42. The van der Waals surface area contributed by atoms with Gasteiger partial charge in [-0.1, -0.05) is 6.08 Å². The van der Waals surface area contributed by atoms with Gasteiger partial charge in [0.1, 0.15) is 10.7 Å². The van der Waals surface area contributed by atoms with Crippen LogP contribution in [-0.4, -0.2) is 4.92 Å². The van der Waals surface area contributed by atoms with E-state index in [1.54, 1.807) is 6.08 Å². The third-order valence-corrected chi connectivity index (χ3v) is 1.07. The first-order valence-corrected chi connectivity index (χ1v) is 2.94. The lowest BCUT2D eigenvalue weighted by molar-refractivity contribution is -0.402. The van der Waals surface area contributed by atoms with Crippen molar-refractivity contribution < 1.29 is 9.34 Å². The van der Waals surface area contributed by atoms with E-state index in [4.69, 9.17) is 4.42 Å². The van der Waals surface area contributed by atoms with Gasteiger partial charge in [-0.05, 0) is 19.1 Å². The second-order valence-corrected chi connectivity index (χ2v) is 1.84. The van der Waals surface area contributed by atoms with Gasteiger partial charge in [-0.2, -0.15) is 0 Å². The fourth-order valence-electron chi connectivity index (χ4n) is 0.646. The van der Waals surface area contributed by atoms with Crippen molar-refractivity contribution in [3.05, 3.63) is 41.0 Å². The molecular formula is C7H6NO3. The Balaban J connectivity index is 2.90. The Morgan fingerprint density at radius 1 is 1.64 bits per heavy atom. The summed E-state index contributed by atoms with van der Waals surface area (Å²) in [6.07, 6.45) is 3.05. The van der Waals surface area contributed by atoms with E-state index < -0.39 is 4.92 Å². The van der Waals surface area contributed by atoms with Crippen molar-refractivity contribution in [1.29, 1.82) is 0 Å². The molecule has 0 aliphatic heterocycles. The lowest BCUT2D eigenvalue weighted by Crippen LogP contribution is -1.82. The smallest absolute Gasteiger partial charge is 0.401 e. The third-order valence-electron chi connectivity index (χ3n) is 1.07. The number of rotatable bonds is 2. The molecule has 0 aliphatic carbocycles. The fraction of sp³-hybridized carbons (Fsp3) is 0. The molecule has 1 aromatic rings. The Morgan fingerprint density at radius 2 is 2.36 bits per heavy atom. The van der Waals surface area contributed by atoms with Crippen LogP contribution < -0.4 is 0 Å². The van der Waals surface area contributed by atoms with Gasteiger partial charge in [0.2, 0.25) is 0 Å². The van der Waals surface area contributed by atoms with E-state index in [2.05, 4.69) is 6.92 Å². The zero-order valence-corrected chi connectivity index (χ0v) is 5.69. The van der Waals surface area contributed by atoms with Crippen LogP contribution in [0.1, 0.15) is 5.76 Å². The Morgan fingerprint density at radius 3 is 2.82 bits per heavy atom. The summed E-state index contributed by atoms with van der Waals surface area (Å²) in [5, 5.41) is 10.1. The van der Waals surface area contributed by atoms with Crippen LogP contribution in [0, 0.1) is 17.0 Å². The van der Waals surface area contributed by atoms with Gasteiger partial charge in [-0.3, -0.25) is 10.1 Å². The summed E-state index contributed by atoms with van der Waals surface area (Å²) in [5.41, 5.74) is 0. The molecule has 4 nitrogen and oxygen atoms in total. The molecule has 0 atom stereocenters. The van der Waals surface area contributed by atoms with Crippen molar-refractivity contribution in [3.8, 4) is 0 Å². The molecule has 0 saturated carbocycles. The van der Waals surface area contributed by atoms with Gasteiger partial charge in [0, 0.05) is 0 Å². The van der Waals surface area contributed by atoms with Crippen LogP contribution >= 0.6 is 0 Å². The summed E-state index contributed by atoms with van der Waals surface area (Å²) >= 11 is 0. The summed E-state index contributed by atoms with van der Waals surface area (Å²) in [4.78, 5) is 9.51. The zero-order chi connectivity index (χ0) is 8.27. The Bertz CT molecular complexity index is 288. The number of furan rings is 1. The molecule has 4 heteroatoms. The molecule has 11 heavy (non-hydrogen) atoms. The molecule has 1 heterocycles. The second kappa shape index (κ2) is 3.01. The molecule has 0 saturated heterocycles. The highest BCUT2D eigenvalue weighted by Crippen LogP contribution is 2.16. The molecule has 0 fully saturated rings. The summed E-state index contributed by atoms with van der Waals surface area (Å²) in [5.74, 6) is 0.185. The van der Waals surface area contributed by atoms with E-state index in [0.717, 1.165) is 0 Å². The van der Waals surface area contributed by atoms with Crippen molar-refractivity contribution in [3.63, 3.8) is 0 Å². The summed E-state index contributed by atoms with van der Waals surface area (Å²) in [6, 6.07) is 2.81. The van der Waals surface area contributed by atoms with Crippen LogP contribution in [0.2, 0.25) is 0 Å². The van der Waals surface area contributed by atoms with Crippen molar-refractivity contribution in [2.45, 2.75) is 0 Å². The molecule has 0 aliphatic rings. The van der Waals surface area contributed by atoms with E-state index in [1.807, 2.05) is 0 Å². The lowest BCUT2D eigenvalue weighted by Gasteiger charge is -1.81. The van der Waals surface area contributed by atoms with E-state index in [1.165, 1.54) is 18.2 Å². The highest BCUT2D eigenvalue weighted by Gasteiger charge is 2.09. The Kier molecular flexibility index (Phi) is 2.06. The maximum atomic E-state index is 10.1. The molecule has 1 rings (SSSR count). The maximum absolute atomic E-state index is 10.1. The predicted octanol–water partition coefficient (Wildman–Crippen LogP) is 2.04. The van der Waals surface area contributed by atoms with Crippen LogP contribution in [0.25, 0.3) is 6.08 Å². The molecule has 1 aromatic heterocycles. The van der Waals surface area contributed by atoms with Crippen LogP contribution in [-0.2, 0) is 0 Å². The number of hydrogen-bond donors (Lipinski definition) is 0. The monoisotopic (exact) mass is 152 g/mol. The van der Waals surface area contributed by atoms with Crippen molar-refractivity contribution in [1.82, 2.24) is 0 Å². The van der Waals surface area contributed by atoms with Gasteiger partial charge in [-0.25, -0.2) is 0 Å². The van der Waals surface area contributed by atoms with Crippen molar-refractivity contribution in [2.75, 3.05) is 0 Å². The van der Waals surface area contributed by atoms with E-state index in [9.17, 15) is 10.1 Å². The van der Waals surface area contributed by atoms with Gasteiger partial charge in [0.15, 0.2) is 0 Å². The highest BCUT2D eigenvalue weighted by atomic mass is 16.6. The SMILES string of the molecule is [CH2]/C=C/c1ccc([N+](=O)[O-])o1. The first kappa shape index (κ1) is 7.53. The van der Waals surface area contributed by atoms with Crippen LogP contribution in [0.4, 0.5) is 5.88 Å². The van der Waals surface area contributed by atoms with Crippen LogP contribution in [0.3, 0.4) is 0 Å². The minimum Gasteiger partial charge on any atom is -0.401 e. The van der Waals surface area contributed by atoms with Crippen molar-refractivity contribution in [2.24, 2.45) is 0 Å². The fourth-order valence-corrected chi connectivity index (χ4v) is 0.646. The standard InChI is InChI=1S/C7H6NO3/c1-2-3-6-4-5-7(11-6)8(9)10/h2-5H,1H2/b3-2+. The lowest BCUT2D eigenvalue weighted by atomic mass is 10.4. The third kappa shape index (κ3) is 1.67. The molecular weight excluding hydrogens is 146 g/mol. The molecule has 1 radical (unpaired) electrons. The van der Waals surface area contributed by atoms with Gasteiger partial charge in [-0.15, -0.1) is 0 Å². The van der Waals surface area contributed by atoms with Gasteiger partial charge >= 0.3 is 5.88 Å². The number of nitro groups is 1.